The summed E-state index contributed by atoms with van der Waals surface area (Å²) in [6.07, 6.45) is 2.54. The molecule has 1 amide bonds. The van der Waals surface area contributed by atoms with E-state index in [9.17, 15) is 4.79 Å². The maximum atomic E-state index is 12.0. The standard InChI is InChI=1S/C13H15N5O/c1-2-8-14-11-6-3-5-10(16-11)13(19)17-12-7-4-9-15-18-12/h3-7,9H,2,8H2,1H3,(H,14,16)(H,17,18,19). The first-order valence-electron chi connectivity index (χ1n) is 6.09. The van der Waals surface area contributed by atoms with Crippen LogP contribution in [0.4, 0.5) is 11.6 Å². The number of amides is 1. The number of hydrogen-bond acceptors (Lipinski definition) is 5. The van der Waals surface area contributed by atoms with Gasteiger partial charge in [-0.25, -0.2) is 4.98 Å². The molecule has 2 rings (SSSR count). The van der Waals surface area contributed by atoms with Crippen molar-refractivity contribution in [3.8, 4) is 0 Å². The zero-order valence-electron chi connectivity index (χ0n) is 10.6. The van der Waals surface area contributed by atoms with Gasteiger partial charge in [0.15, 0.2) is 5.82 Å². The number of anilines is 2. The Balaban J connectivity index is 2.06. The molecule has 19 heavy (non-hydrogen) atoms. The van der Waals surface area contributed by atoms with Gasteiger partial charge in [0.2, 0.25) is 0 Å². The van der Waals surface area contributed by atoms with Gasteiger partial charge in [-0.1, -0.05) is 13.0 Å². The van der Waals surface area contributed by atoms with Gasteiger partial charge in [0.05, 0.1) is 0 Å². The number of rotatable bonds is 5. The molecule has 6 heteroatoms. The summed E-state index contributed by atoms with van der Waals surface area (Å²) in [7, 11) is 0. The first kappa shape index (κ1) is 12.9. The van der Waals surface area contributed by atoms with Crippen LogP contribution in [0.2, 0.25) is 0 Å². The smallest absolute Gasteiger partial charge is 0.275 e. The summed E-state index contributed by atoms with van der Waals surface area (Å²) >= 11 is 0. The van der Waals surface area contributed by atoms with Crippen LogP contribution in [0.3, 0.4) is 0 Å². The predicted octanol–water partition coefficient (Wildman–Crippen LogP) is 1.95. The molecule has 0 aromatic carbocycles. The van der Waals surface area contributed by atoms with Crippen LogP contribution in [0.1, 0.15) is 23.8 Å². The molecule has 2 heterocycles. The molecule has 0 aliphatic heterocycles. The Bertz CT molecular complexity index is 544. The van der Waals surface area contributed by atoms with Crippen molar-refractivity contribution >= 4 is 17.5 Å². The second kappa shape index (κ2) is 6.44. The van der Waals surface area contributed by atoms with Crippen LogP contribution in [0.25, 0.3) is 0 Å². The summed E-state index contributed by atoms with van der Waals surface area (Å²) in [4.78, 5) is 16.2. The average molecular weight is 257 g/mol. The first-order valence-corrected chi connectivity index (χ1v) is 6.09. The minimum atomic E-state index is -0.305. The number of nitrogens with one attached hydrogen (secondary N) is 2. The highest BCUT2D eigenvalue weighted by Gasteiger charge is 2.08. The molecule has 2 aromatic heterocycles. The summed E-state index contributed by atoms with van der Waals surface area (Å²) in [5.41, 5.74) is 0.340. The van der Waals surface area contributed by atoms with E-state index in [0.717, 1.165) is 13.0 Å². The SMILES string of the molecule is CCCNc1cccc(C(=O)Nc2cccnn2)n1. The Morgan fingerprint density at radius 1 is 1.21 bits per heavy atom. The average Bonchev–Trinajstić information content (AvgIpc) is 2.46. The van der Waals surface area contributed by atoms with Crippen LogP contribution in [0, 0.1) is 0 Å². The van der Waals surface area contributed by atoms with Gasteiger partial charge < -0.3 is 10.6 Å². The van der Waals surface area contributed by atoms with Crippen LogP contribution in [-0.2, 0) is 0 Å². The van der Waals surface area contributed by atoms with Gasteiger partial charge in [-0.05, 0) is 30.7 Å². The number of aromatic nitrogens is 3. The van der Waals surface area contributed by atoms with E-state index in [4.69, 9.17) is 0 Å². The molecule has 0 fully saturated rings. The van der Waals surface area contributed by atoms with Crippen molar-refractivity contribution in [3.05, 3.63) is 42.2 Å². The van der Waals surface area contributed by atoms with E-state index in [0.29, 0.717) is 17.3 Å². The Morgan fingerprint density at radius 3 is 2.79 bits per heavy atom. The monoisotopic (exact) mass is 257 g/mol. The molecule has 2 aromatic rings. The fourth-order valence-corrected chi connectivity index (χ4v) is 1.46. The summed E-state index contributed by atoms with van der Waals surface area (Å²) in [6.45, 7) is 2.89. The van der Waals surface area contributed by atoms with Crippen molar-refractivity contribution < 1.29 is 4.79 Å². The van der Waals surface area contributed by atoms with Crippen LogP contribution >= 0.6 is 0 Å². The van der Waals surface area contributed by atoms with E-state index in [1.165, 1.54) is 0 Å². The summed E-state index contributed by atoms with van der Waals surface area (Å²) in [5.74, 6) is 0.788. The minimum absolute atomic E-state index is 0.305. The summed E-state index contributed by atoms with van der Waals surface area (Å²) in [5, 5.41) is 13.3. The molecule has 0 radical (unpaired) electrons. The van der Waals surface area contributed by atoms with E-state index in [2.05, 4.69) is 32.7 Å². The normalized spacial score (nSPS) is 9.95. The second-order valence-electron chi connectivity index (χ2n) is 3.90. The molecule has 0 atom stereocenters. The molecular weight excluding hydrogens is 242 g/mol. The van der Waals surface area contributed by atoms with Gasteiger partial charge in [0, 0.05) is 12.7 Å². The van der Waals surface area contributed by atoms with Gasteiger partial charge in [0.1, 0.15) is 11.5 Å². The number of nitrogens with zero attached hydrogens (tertiary/aromatic N) is 3. The lowest BCUT2D eigenvalue weighted by atomic mass is 10.3. The van der Waals surface area contributed by atoms with Crippen molar-refractivity contribution in [3.63, 3.8) is 0 Å². The van der Waals surface area contributed by atoms with Gasteiger partial charge in [-0.3, -0.25) is 4.79 Å². The van der Waals surface area contributed by atoms with Gasteiger partial charge >= 0.3 is 0 Å². The first-order chi connectivity index (χ1) is 9.29. The summed E-state index contributed by atoms with van der Waals surface area (Å²) in [6, 6.07) is 8.65. The molecule has 2 N–H and O–H groups in total. The van der Waals surface area contributed by atoms with E-state index < -0.39 is 0 Å². The van der Waals surface area contributed by atoms with Gasteiger partial charge in [-0.2, -0.15) is 5.10 Å². The number of carbonyl (C=O) groups is 1. The number of carbonyl (C=O) groups excluding carboxylic acids is 1. The lowest BCUT2D eigenvalue weighted by Crippen LogP contribution is -2.15. The van der Waals surface area contributed by atoms with E-state index in [-0.39, 0.29) is 5.91 Å². The molecule has 6 nitrogen and oxygen atoms in total. The van der Waals surface area contributed by atoms with E-state index in [1.54, 1.807) is 30.5 Å². The van der Waals surface area contributed by atoms with Gasteiger partial charge in [-0.15, -0.1) is 5.10 Å². The van der Waals surface area contributed by atoms with Crippen molar-refractivity contribution in [1.29, 1.82) is 0 Å². The number of hydrogen-bond donors (Lipinski definition) is 2. The predicted molar refractivity (Wildman–Crippen MR) is 73.0 cm³/mol. The maximum absolute atomic E-state index is 12.0. The lowest BCUT2D eigenvalue weighted by molar-refractivity contribution is 0.102. The lowest BCUT2D eigenvalue weighted by Gasteiger charge is -2.06. The van der Waals surface area contributed by atoms with Crippen molar-refractivity contribution in [2.45, 2.75) is 13.3 Å². The van der Waals surface area contributed by atoms with Gasteiger partial charge in [0.25, 0.3) is 5.91 Å². The zero-order chi connectivity index (χ0) is 13.5. The third-order valence-electron chi connectivity index (χ3n) is 2.35. The molecule has 0 bridgehead atoms. The Morgan fingerprint density at radius 2 is 2.05 bits per heavy atom. The Kier molecular flexibility index (Phi) is 4.39. The fraction of sp³-hybridized carbons (Fsp3) is 0.231. The maximum Gasteiger partial charge on any atom is 0.275 e. The van der Waals surface area contributed by atoms with E-state index in [1.807, 2.05) is 6.07 Å². The van der Waals surface area contributed by atoms with Crippen LogP contribution in [0.5, 0.6) is 0 Å². The third kappa shape index (κ3) is 3.74. The van der Waals surface area contributed by atoms with Crippen LogP contribution in [-0.4, -0.2) is 27.6 Å². The quantitative estimate of drug-likeness (QED) is 0.855. The van der Waals surface area contributed by atoms with Crippen LogP contribution in [0.15, 0.2) is 36.5 Å². The molecule has 0 aliphatic carbocycles. The highest BCUT2D eigenvalue weighted by molar-refractivity contribution is 6.02. The molecule has 0 saturated carbocycles. The molecular formula is C13H15N5O. The highest BCUT2D eigenvalue weighted by atomic mass is 16.1. The number of pyridine rings is 1. The molecule has 98 valence electrons. The molecule has 0 saturated heterocycles. The topological polar surface area (TPSA) is 79.8 Å². The highest BCUT2D eigenvalue weighted by Crippen LogP contribution is 2.07. The van der Waals surface area contributed by atoms with Crippen LogP contribution < -0.4 is 10.6 Å². The second-order valence-corrected chi connectivity index (χ2v) is 3.90. The summed E-state index contributed by atoms with van der Waals surface area (Å²) < 4.78 is 0. The van der Waals surface area contributed by atoms with E-state index >= 15 is 0 Å². The minimum Gasteiger partial charge on any atom is -0.370 e. The third-order valence-corrected chi connectivity index (χ3v) is 2.35. The molecule has 0 spiro atoms. The van der Waals surface area contributed by atoms with Crippen molar-refractivity contribution in [2.24, 2.45) is 0 Å². The molecule has 0 unspecified atom stereocenters. The zero-order valence-corrected chi connectivity index (χ0v) is 10.6. The fourth-order valence-electron chi connectivity index (χ4n) is 1.46. The largest absolute Gasteiger partial charge is 0.370 e. The van der Waals surface area contributed by atoms with Crippen molar-refractivity contribution in [1.82, 2.24) is 15.2 Å². The Labute approximate surface area is 111 Å². The van der Waals surface area contributed by atoms with Crippen molar-refractivity contribution in [2.75, 3.05) is 17.2 Å². The Hall–Kier alpha value is -2.50. The molecule has 0 aliphatic rings.